The van der Waals surface area contributed by atoms with Crippen LogP contribution in [0.25, 0.3) is 0 Å². The van der Waals surface area contributed by atoms with Crippen molar-refractivity contribution in [1.82, 2.24) is 0 Å². The van der Waals surface area contributed by atoms with Gasteiger partial charge in [0.15, 0.2) is 0 Å². The number of anilines is 1. The van der Waals surface area contributed by atoms with Gasteiger partial charge in [0, 0.05) is 11.8 Å². The van der Waals surface area contributed by atoms with Gasteiger partial charge in [-0.15, -0.1) is 0 Å². The Kier molecular flexibility index (Phi) is 3.37. The molecule has 0 aromatic heterocycles. The van der Waals surface area contributed by atoms with Crippen LogP contribution in [0.1, 0.15) is 44.4 Å². The molecule has 0 unspecified atom stereocenters. The van der Waals surface area contributed by atoms with Crippen LogP contribution in [0.2, 0.25) is 0 Å². The molecule has 2 atom stereocenters. The normalized spacial score (nSPS) is 25.7. The zero-order chi connectivity index (χ0) is 20.6. The minimum absolute atomic E-state index is 0.121. The number of rotatable bonds is 2. The third-order valence-corrected chi connectivity index (χ3v) is 6.82. The number of carboxylic acids is 1. The highest BCUT2D eigenvalue weighted by Gasteiger charge is 2.61. The molecule has 1 heterocycles. The number of hydrogen-bond donors (Lipinski definition) is 1. The molecule has 7 rings (SSSR count). The lowest BCUT2D eigenvalue weighted by atomic mass is 9.55. The van der Waals surface area contributed by atoms with Gasteiger partial charge in [0.1, 0.15) is 0 Å². The Hall–Kier alpha value is -3.73. The molecule has 0 spiro atoms. The lowest BCUT2D eigenvalue weighted by Gasteiger charge is -2.45. The van der Waals surface area contributed by atoms with Gasteiger partial charge in [0.25, 0.3) is 0 Å². The molecule has 0 radical (unpaired) electrons. The monoisotopic (exact) mass is 395 g/mol. The number of carboxylic acid groups (broad SMARTS) is 1. The van der Waals surface area contributed by atoms with Crippen molar-refractivity contribution in [3.63, 3.8) is 0 Å². The summed E-state index contributed by atoms with van der Waals surface area (Å²) in [6.45, 7) is 0. The lowest BCUT2D eigenvalue weighted by molar-refractivity contribution is -0.122. The number of nitrogens with zero attached hydrogens (tertiary/aromatic N) is 1. The van der Waals surface area contributed by atoms with Crippen LogP contribution in [0.5, 0.6) is 0 Å². The number of imide groups is 1. The average molecular weight is 395 g/mol. The number of carbonyl (C=O) groups is 3. The smallest absolute Gasteiger partial charge is 0.335 e. The van der Waals surface area contributed by atoms with E-state index in [1.54, 1.807) is 12.1 Å². The molecule has 30 heavy (non-hydrogen) atoms. The fourth-order valence-electron chi connectivity index (χ4n) is 5.68. The highest BCUT2D eigenvalue weighted by atomic mass is 16.4. The predicted octanol–water partition coefficient (Wildman–Crippen LogP) is 3.78. The van der Waals surface area contributed by atoms with E-state index in [1.165, 1.54) is 17.0 Å². The van der Waals surface area contributed by atoms with Gasteiger partial charge in [-0.3, -0.25) is 9.59 Å². The van der Waals surface area contributed by atoms with E-state index in [4.69, 9.17) is 5.11 Å². The van der Waals surface area contributed by atoms with Crippen LogP contribution in [0.15, 0.2) is 72.8 Å². The van der Waals surface area contributed by atoms with Crippen LogP contribution < -0.4 is 4.90 Å². The first-order valence-corrected chi connectivity index (χ1v) is 9.96. The van der Waals surface area contributed by atoms with Gasteiger partial charge in [-0.25, -0.2) is 9.69 Å². The molecule has 3 aliphatic carbocycles. The van der Waals surface area contributed by atoms with E-state index >= 15 is 0 Å². The zero-order valence-electron chi connectivity index (χ0n) is 15.9. The Morgan fingerprint density at radius 1 is 0.667 bits per heavy atom. The second-order valence-electron chi connectivity index (χ2n) is 8.13. The van der Waals surface area contributed by atoms with E-state index < -0.39 is 17.8 Å². The van der Waals surface area contributed by atoms with E-state index in [0.717, 1.165) is 22.3 Å². The van der Waals surface area contributed by atoms with Gasteiger partial charge in [0.05, 0.1) is 23.1 Å². The molecular formula is C25H17NO4. The maximum absolute atomic E-state index is 13.6. The van der Waals surface area contributed by atoms with Crippen LogP contribution in [0.4, 0.5) is 5.69 Å². The Balaban J connectivity index is 1.51. The lowest BCUT2D eigenvalue weighted by Crippen LogP contribution is -2.41. The van der Waals surface area contributed by atoms with Gasteiger partial charge < -0.3 is 5.11 Å². The largest absolute Gasteiger partial charge is 0.478 e. The van der Waals surface area contributed by atoms with Crippen LogP contribution in [-0.2, 0) is 9.59 Å². The maximum Gasteiger partial charge on any atom is 0.335 e. The van der Waals surface area contributed by atoms with Crippen molar-refractivity contribution in [1.29, 1.82) is 0 Å². The molecule has 146 valence electrons. The van der Waals surface area contributed by atoms with Crippen LogP contribution in [-0.4, -0.2) is 22.9 Å². The topological polar surface area (TPSA) is 74.7 Å². The molecule has 2 amide bonds. The fourth-order valence-corrected chi connectivity index (χ4v) is 5.68. The first kappa shape index (κ1) is 17.2. The molecule has 1 N–H and O–H groups in total. The molecule has 3 aromatic rings. The zero-order valence-corrected chi connectivity index (χ0v) is 15.9. The molecule has 0 saturated carbocycles. The van der Waals surface area contributed by atoms with Gasteiger partial charge in [0.2, 0.25) is 11.8 Å². The summed E-state index contributed by atoms with van der Waals surface area (Å²) < 4.78 is 0. The number of hydrogen-bond acceptors (Lipinski definition) is 3. The van der Waals surface area contributed by atoms with Gasteiger partial charge in [-0.2, -0.15) is 0 Å². The maximum atomic E-state index is 13.6. The summed E-state index contributed by atoms with van der Waals surface area (Å²) in [5.41, 5.74) is 5.07. The van der Waals surface area contributed by atoms with E-state index in [0.29, 0.717) is 5.69 Å². The highest BCUT2D eigenvalue weighted by molar-refractivity contribution is 6.23. The summed E-state index contributed by atoms with van der Waals surface area (Å²) in [7, 11) is 0. The molecule has 3 aromatic carbocycles. The van der Waals surface area contributed by atoms with Crippen LogP contribution >= 0.6 is 0 Å². The molecule has 1 saturated heterocycles. The Morgan fingerprint density at radius 2 is 1.07 bits per heavy atom. The first-order valence-electron chi connectivity index (χ1n) is 9.96. The number of amides is 2. The van der Waals surface area contributed by atoms with Crippen LogP contribution in [0.3, 0.4) is 0 Å². The first-order chi connectivity index (χ1) is 14.6. The molecule has 5 heteroatoms. The van der Waals surface area contributed by atoms with Crippen molar-refractivity contribution in [2.75, 3.05) is 4.90 Å². The molecule has 1 fully saturated rings. The van der Waals surface area contributed by atoms with E-state index in [9.17, 15) is 14.4 Å². The second-order valence-corrected chi connectivity index (χ2v) is 8.13. The number of benzene rings is 3. The minimum atomic E-state index is -1.04. The van der Waals surface area contributed by atoms with E-state index in [2.05, 4.69) is 24.3 Å². The summed E-state index contributed by atoms with van der Waals surface area (Å²) in [5, 5.41) is 9.14. The van der Waals surface area contributed by atoms with Gasteiger partial charge in [-0.1, -0.05) is 48.5 Å². The second kappa shape index (κ2) is 5.89. The quantitative estimate of drug-likeness (QED) is 0.670. The summed E-state index contributed by atoms with van der Waals surface area (Å²) in [4.78, 5) is 39.6. The Labute approximate surface area is 172 Å². The average Bonchev–Trinajstić information content (AvgIpc) is 3.04. The molecule has 4 aliphatic rings. The summed E-state index contributed by atoms with van der Waals surface area (Å²) in [6, 6.07) is 22.2. The van der Waals surface area contributed by atoms with Crippen molar-refractivity contribution < 1.29 is 19.5 Å². The van der Waals surface area contributed by atoms with Gasteiger partial charge >= 0.3 is 5.97 Å². The van der Waals surface area contributed by atoms with Crippen molar-refractivity contribution in [2.24, 2.45) is 11.8 Å². The molecule has 2 bridgehead atoms. The van der Waals surface area contributed by atoms with Crippen LogP contribution in [0, 0.1) is 11.8 Å². The van der Waals surface area contributed by atoms with Crippen molar-refractivity contribution >= 4 is 23.5 Å². The number of aromatic carboxylic acids is 1. The van der Waals surface area contributed by atoms with Gasteiger partial charge in [-0.05, 0) is 46.5 Å². The Morgan fingerprint density at radius 3 is 1.43 bits per heavy atom. The third kappa shape index (κ3) is 2.04. The van der Waals surface area contributed by atoms with E-state index in [-0.39, 0.29) is 29.2 Å². The third-order valence-electron chi connectivity index (χ3n) is 6.82. The standard InChI is InChI=1S/C25H17NO4/c27-23-21-19-15-5-1-2-6-16(15)20(18-8-4-3-7-17(18)19)22(21)24(28)26(23)14-11-9-13(10-12-14)25(29)30/h1-12,19-22H,(H,29,30)/t19?,20?,21-,22-/m1/s1. The summed E-state index contributed by atoms with van der Waals surface area (Å²) in [5.74, 6) is -2.62. The summed E-state index contributed by atoms with van der Waals surface area (Å²) >= 11 is 0. The van der Waals surface area contributed by atoms with Crippen molar-refractivity contribution in [3.8, 4) is 0 Å². The van der Waals surface area contributed by atoms with Crippen molar-refractivity contribution in [2.45, 2.75) is 11.8 Å². The van der Waals surface area contributed by atoms with Crippen molar-refractivity contribution in [3.05, 3.63) is 101 Å². The molecule has 5 nitrogen and oxygen atoms in total. The minimum Gasteiger partial charge on any atom is -0.478 e. The van der Waals surface area contributed by atoms with E-state index in [1.807, 2.05) is 24.3 Å². The predicted molar refractivity (Wildman–Crippen MR) is 109 cm³/mol. The Bertz CT molecular complexity index is 1130. The number of carbonyl (C=O) groups excluding carboxylic acids is 2. The molecule has 1 aliphatic heterocycles. The SMILES string of the molecule is O=C(O)c1ccc(N2C(=O)[C@@H]3C4c5ccccc5C(c5ccccc54)[C@H]3C2=O)cc1. The fraction of sp³-hybridized carbons (Fsp3) is 0.160. The molecular weight excluding hydrogens is 378 g/mol. The highest BCUT2D eigenvalue weighted by Crippen LogP contribution is 2.61. The summed E-state index contributed by atoms with van der Waals surface area (Å²) in [6.07, 6.45) is 0.